The molecule has 0 fully saturated rings. The van der Waals surface area contributed by atoms with Crippen molar-refractivity contribution in [2.75, 3.05) is 12.4 Å². The molecule has 0 atom stereocenters. The van der Waals surface area contributed by atoms with E-state index < -0.39 is 4.92 Å². The van der Waals surface area contributed by atoms with Gasteiger partial charge in [0, 0.05) is 10.5 Å². The molecule has 0 radical (unpaired) electrons. The van der Waals surface area contributed by atoms with Crippen molar-refractivity contribution in [2.24, 2.45) is 0 Å². The second kappa shape index (κ2) is 5.75. The summed E-state index contributed by atoms with van der Waals surface area (Å²) in [4.78, 5) is 9.93. The van der Waals surface area contributed by atoms with Crippen molar-refractivity contribution >= 4 is 27.5 Å². The van der Waals surface area contributed by atoms with Crippen LogP contribution in [-0.4, -0.2) is 12.0 Å². The lowest BCUT2D eigenvalue weighted by Crippen LogP contribution is -1.99. The number of nitrogens with one attached hydrogen (secondary N) is 1. The van der Waals surface area contributed by atoms with Crippen LogP contribution in [-0.2, 0) is 6.54 Å². The molecule has 1 heterocycles. The van der Waals surface area contributed by atoms with Crippen molar-refractivity contribution in [3.63, 3.8) is 0 Å². The molecule has 19 heavy (non-hydrogen) atoms. The highest BCUT2D eigenvalue weighted by molar-refractivity contribution is 9.10. The Morgan fingerprint density at radius 2 is 2.21 bits per heavy atom. The van der Waals surface area contributed by atoms with Gasteiger partial charge in [-0.2, -0.15) is 0 Å². The fourth-order valence-corrected chi connectivity index (χ4v) is 1.90. The molecular formula is C12H11BrN2O4. The van der Waals surface area contributed by atoms with Gasteiger partial charge in [0.15, 0.2) is 0 Å². The Balaban J connectivity index is 2.07. The summed E-state index contributed by atoms with van der Waals surface area (Å²) >= 11 is 3.40. The zero-order valence-electron chi connectivity index (χ0n) is 10.1. The molecule has 0 spiro atoms. The minimum Gasteiger partial charge on any atom is -0.497 e. The molecule has 0 aliphatic rings. The van der Waals surface area contributed by atoms with Crippen molar-refractivity contribution < 1.29 is 14.1 Å². The van der Waals surface area contributed by atoms with Crippen LogP contribution in [0.1, 0.15) is 5.76 Å². The average Bonchev–Trinajstić information content (AvgIpc) is 2.87. The van der Waals surface area contributed by atoms with Crippen LogP contribution >= 0.6 is 15.9 Å². The first kappa shape index (κ1) is 13.4. The molecule has 1 N–H and O–H groups in total. The van der Waals surface area contributed by atoms with Gasteiger partial charge in [0.1, 0.15) is 16.4 Å². The van der Waals surface area contributed by atoms with Crippen LogP contribution in [0.2, 0.25) is 0 Å². The number of hydrogen-bond acceptors (Lipinski definition) is 5. The molecule has 0 bridgehead atoms. The summed E-state index contributed by atoms with van der Waals surface area (Å²) in [6, 6.07) is 8.40. The number of hydrogen-bond donors (Lipinski definition) is 1. The van der Waals surface area contributed by atoms with Gasteiger partial charge in [-0.1, -0.05) is 0 Å². The van der Waals surface area contributed by atoms with E-state index in [0.717, 1.165) is 15.9 Å². The van der Waals surface area contributed by atoms with Gasteiger partial charge in [-0.15, -0.1) is 0 Å². The Morgan fingerprint density at radius 1 is 1.42 bits per heavy atom. The quantitative estimate of drug-likeness (QED) is 0.671. The van der Waals surface area contributed by atoms with Crippen molar-refractivity contribution in [3.8, 4) is 5.75 Å². The summed E-state index contributed by atoms with van der Waals surface area (Å²) in [5.74, 6) is 0.944. The molecular weight excluding hydrogens is 316 g/mol. The van der Waals surface area contributed by atoms with Crippen molar-refractivity contribution in [1.29, 1.82) is 0 Å². The highest BCUT2D eigenvalue weighted by Crippen LogP contribution is 2.28. The standard InChI is InChI=1S/C12H11BrN2O4/c1-18-8-2-4-10(13)11(6-8)14-7-9-3-5-12(19-9)15(16)17/h2-6,14H,7H2,1H3. The van der Waals surface area contributed by atoms with E-state index in [9.17, 15) is 10.1 Å². The molecule has 2 aromatic rings. The summed E-state index contributed by atoms with van der Waals surface area (Å²) < 4.78 is 11.0. The molecule has 0 unspecified atom stereocenters. The lowest BCUT2D eigenvalue weighted by atomic mass is 10.3. The van der Waals surface area contributed by atoms with Crippen LogP contribution < -0.4 is 10.1 Å². The van der Waals surface area contributed by atoms with Crippen molar-refractivity contribution in [3.05, 3.63) is 50.7 Å². The maximum atomic E-state index is 10.5. The maximum Gasteiger partial charge on any atom is 0.433 e. The van der Waals surface area contributed by atoms with Gasteiger partial charge < -0.3 is 14.5 Å². The van der Waals surface area contributed by atoms with Crippen LogP contribution in [0.5, 0.6) is 5.75 Å². The largest absolute Gasteiger partial charge is 0.497 e. The Kier molecular flexibility index (Phi) is 4.06. The van der Waals surface area contributed by atoms with Gasteiger partial charge in [-0.25, -0.2) is 0 Å². The molecule has 0 amide bonds. The average molecular weight is 327 g/mol. The minimum atomic E-state index is -0.565. The molecule has 0 saturated heterocycles. The maximum absolute atomic E-state index is 10.5. The van der Waals surface area contributed by atoms with E-state index in [1.807, 2.05) is 18.2 Å². The van der Waals surface area contributed by atoms with Crippen LogP contribution in [0.25, 0.3) is 0 Å². The van der Waals surface area contributed by atoms with Crippen LogP contribution in [0.3, 0.4) is 0 Å². The number of anilines is 1. The summed E-state index contributed by atoms with van der Waals surface area (Å²) in [5.41, 5.74) is 0.818. The number of nitrogens with zero attached hydrogens (tertiary/aromatic N) is 1. The Bertz CT molecular complexity index is 597. The third-order valence-electron chi connectivity index (χ3n) is 2.45. The highest BCUT2D eigenvalue weighted by Gasteiger charge is 2.11. The molecule has 1 aromatic carbocycles. The smallest absolute Gasteiger partial charge is 0.433 e. The molecule has 7 heteroatoms. The summed E-state index contributed by atoms with van der Waals surface area (Å²) in [6.45, 7) is 0.347. The Labute approximate surface area is 117 Å². The number of methoxy groups -OCH3 is 1. The van der Waals surface area contributed by atoms with E-state index >= 15 is 0 Å². The summed E-state index contributed by atoms with van der Waals surface area (Å²) in [5, 5.41) is 13.6. The molecule has 2 rings (SSSR count). The first-order valence-electron chi connectivity index (χ1n) is 5.40. The number of benzene rings is 1. The topological polar surface area (TPSA) is 77.5 Å². The number of rotatable bonds is 5. The lowest BCUT2D eigenvalue weighted by molar-refractivity contribution is -0.402. The van der Waals surface area contributed by atoms with Crippen LogP contribution in [0, 0.1) is 10.1 Å². The molecule has 6 nitrogen and oxygen atoms in total. The van der Waals surface area contributed by atoms with Gasteiger partial charge in [-0.05, 0) is 34.1 Å². The normalized spacial score (nSPS) is 10.2. The van der Waals surface area contributed by atoms with Crippen LogP contribution in [0.4, 0.5) is 11.6 Å². The van der Waals surface area contributed by atoms with Crippen molar-refractivity contribution in [2.45, 2.75) is 6.54 Å². The van der Waals surface area contributed by atoms with E-state index in [1.165, 1.54) is 6.07 Å². The van der Waals surface area contributed by atoms with Gasteiger partial charge in [0.2, 0.25) is 0 Å². The predicted molar refractivity (Wildman–Crippen MR) is 73.4 cm³/mol. The highest BCUT2D eigenvalue weighted by atomic mass is 79.9. The van der Waals surface area contributed by atoms with Gasteiger partial charge in [0.05, 0.1) is 25.4 Å². The van der Waals surface area contributed by atoms with Crippen LogP contribution in [0.15, 0.2) is 39.2 Å². The first-order valence-corrected chi connectivity index (χ1v) is 6.20. The predicted octanol–water partition coefficient (Wildman–Crippen LogP) is 3.57. The Hall–Kier alpha value is -2.02. The summed E-state index contributed by atoms with van der Waals surface area (Å²) in [6.07, 6.45) is 0. The minimum absolute atomic E-state index is 0.262. The second-order valence-electron chi connectivity index (χ2n) is 3.70. The third kappa shape index (κ3) is 3.25. The second-order valence-corrected chi connectivity index (χ2v) is 4.55. The van der Waals surface area contributed by atoms with Gasteiger partial charge in [0.25, 0.3) is 0 Å². The molecule has 1 aromatic heterocycles. The first-order chi connectivity index (χ1) is 9.10. The molecule has 0 aliphatic heterocycles. The lowest BCUT2D eigenvalue weighted by Gasteiger charge is -2.08. The number of halogens is 1. The SMILES string of the molecule is COc1ccc(Br)c(NCc2ccc([N+](=O)[O-])o2)c1. The third-order valence-corrected chi connectivity index (χ3v) is 3.15. The fourth-order valence-electron chi connectivity index (χ4n) is 1.51. The fraction of sp³-hybridized carbons (Fsp3) is 0.167. The zero-order chi connectivity index (χ0) is 13.8. The van der Waals surface area contributed by atoms with Gasteiger partial charge >= 0.3 is 5.88 Å². The number of nitro groups is 1. The van der Waals surface area contributed by atoms with E-state index in [2.05, 4.69) is 21.2 Å². The van der Waals surface area contributed by atoms with E-state index in [4.69, 9.17) is 9.15 Å². The van der Waals surface area contributed by atoms with E-state index in [1.54, 1.807) is 13.2 Å². The van der Waals surface area contributed by atoms with Crippen molar-refractivity contribution in [1.82, 2.24) is 0 Å². The molecule has 100 valence electrons. The Morgan fingerprint density at radius 3 is 2.84 bits per heavy atom. The van der Waals surface area contributed by atoms with E-state index in [-0.39, 0.29) is 5.88 Å². The number of furan rings is 1. The summed E-state index contributed by atoms with van der Waals surface area (Å²) in [7, 11) is 1.59. The van der Waals surface area contributed by atoms with Gasteiger partial charge in [-0.3, -0.25) is 10.1 Å². The molecule has 0 aliphatic carbocycles. The number of ether oxygens (including phenoxy) is 1. The monoisotopic (exact) mass is 326 g/mol. The van der Waals surface area contributed by atoms with E-state index in [0.29, 0.717) is 12.3 Å². The zero-order valence-corrected chi connectivity index (χ0v) is 11.6. The molecule has 0 saturated carbocycles.